The van der Waals surface area contributed by atoms with Crippen molar-refractivity contribution < 1.29 is 14.6 Å². The Kier molecular flexibility index (Phi) is 5.15. The third-order valence-electron chi connectivity index (χ3n) is 12.2. The van der Waals surface area contributed by atoms with Crippen molar-refractivity contribution >= 4 is 5.78 Å². The maximum absolute atomic E-state index is 12.8. The van der Waals surface area contributed by atoms with Gasteiger partial charge in [0.05, 0.1) is 17.3 Å². The number of carbonyl (C=O) groups is 1. The highest BCUT2D eigenvalue weighted by Gasteiger charge is 2.65. The Morgan fingerprint density at radius 1 is 0.781 bits per heavy atom. The quantitative estimate of drug-likeness (QED) is 0.525. The lowest BCUT2D eigenvalue weighted by molar-refractivity contribution is -0.177. The van der Waals surface area contributed by atoms with Gasteiger partial charge in [-0.25, -0.2) is 0 Å². The number of ketones is 1. The van der Waals surface area contributed by atoms with Gasteiger partial charge in [0.15, 0.2) is 0 Å². The van der Waals surface area contributed by atoms with Crippen LogP contribution in [0.1, 0.15) is 113 Å². The van der Waals surface area contributed by atoms with Crippen LogP contribution in [0.4, 0.5) is 0 Å². The Labute approximate surface area is 196 Å². The van der Waals surface area contributed by atoms with Crippen molar-refractivity contribution in [3.8, 4) is 0 Å². The third kappa shape index (κ3) is 3.08. The molecule has 9 atom stereocenters. The molecule has 0 aromatic rings. The Bertz CT molecular complexity index is 780. The minimum Gasteiger partial charge on any atom is -0.388 e. The van der Waals surface area contributed by atoms with Gasteiger partial charge < -0.3 is 9.84 Å². The predicted molar refractivity (Wildman–Crippen MR) is 128 cm³/mol. The van der Waals surface area contributed by atoms with E-state index in [0.717, 1.165) is 43.4 Å². The Balaban J connectivity index is 1.40. The fourth-order valence-electron chi connectivity index (χ4n) is 10.4. The van der Waals surface area contributed by atoms with Crippen molar-refractivity contribution in [1.29, 1.82) is 0 Å². The van der Waals surface area contributed by atoms with Gasteiger partial charge in [-0.05, 0) is 119 Å². The molecule has 0 unspecified atom stereocenters. The number of Topliss-reactive ketones (excluding diaryl/α,β-unsaturated/α-hetero) is 1. The molecule has 3 heteroatoms. The van der Waals surface area contributed by atoms with E-state index in [9.17, 15) is 9.90 Å². The molecule has 1 aliphatic heterocycles. The van der Waals surface area contributed by atoms with E-state index in [4.69, 9.17) is 4.74 Å². The highest BCUT2D eigenvalue weighted by molar-refractivity contribution is 5.85. The molecule has 4 aliphatic carbocycles. The lowest BCUT2D eigenvalue weighted by Crippen LogP contribution is -2.59. The SMILES string of the molecule is CC(C)(O)[C@@H]1CC[C@](C)([C@H]2CC[C@]3(C)[C@@H]4CC[C@H]5C(C)(C)C(=O)CC[C@]5(C)[C@H]4CC[C@H]23)O1. The standard InChI is InChI=1S/C29H48O3/c1-25(2)22-11-10-18-19(28(22,6)16-13-23(25)30)8-9-20-21(12-15-27(18,20)5)29(7)17-14-24(32-29)26(3,4)31/h18-22,24,31H,8-17H2,1-7H3/t18-,19+,20-,21+,22+,24+,27-,28-,29-/m1/s1. The summed E-state index contributed by atoms with van der Waals surface area (Å²) in [4.78, 5) is 12.8. The van der Waals surface area contributed by atoms with Crippen LogP contribution in [0, 0.1) is 45.8 Å². The second-order valence-corrected chi connectivity index (χ2v) is 14.4. The molecule has 0 spiro atoms. The van der Waals surface area contributed by atoms with E-state index in [-0.39, 0.29) is 17.1 Å². The summed E-state index contributed by atoms with van der Waals surface area (Å²) < 4.78 is 6.68. The summed E-state index contributed by atoms with van der Waals surface area (Å²) in [6.45, 7) is 15.8. The van der Waals surface area contributed by atoms with E-state index in [1.54, 1.807) is 0 Å². The van der Waals surface area contributed by atoms with Crippen molar-refractivity contribution in [2.24, 2.45) is 45.8 Å². The van der Waals surface area contributed by atoms with Crippen LogP contribution >= 0.6 is 0 Å². The predicted octanol–water partition coefficient (Wildman–Crippen LogP) is 6.56. The molecule has 4 saturated carbocycles. The smallest absolute Gasteiger partial charge is 0.138 e. The van der Waals surface area contributed by atoms with Crippen LogP contribution in [-0.2, 0) is 9.53 Å². The van der Waals surface area contributed by atoms with Crippen molar-refractivity contribution in [3.05, 3.63) is 0 Å². The number of hydrogen-bond donors (Lipinski definition) is 1. The molecular formula is C29H48O3. The van der Waals surface area contributed by atoms with Gasteiger partial charge in [-0.3, -0.25) is 4.79 Å². The molecule has 3 nitrogen and oxygen atoms in total. The second kappa shape index (κ2) is 7.06. The summed E-state index contributed by atoms with van der Waals surface area (Å²) in [7, 11) is 0. The van der Waals surface area contributed by atoms with Gasteiger partial charge in [0.2, 0.25) is 0 Å². The zero-order chi connectivity index (χ0) is 23.3. The Hall–Kier alpha value is -0.410. The number of fused-ring (bicyclic) bond motifs is 5. The fraction of sp³-hybridized carbons (Fsp3) is 0.966. The summed E-state index contributed by atoms with van der Waals surface area (Å²) in [6.07, 6.45) is 11.8. The first kappa shape index (κ1) is 23.3. The fourth-order valence-corrected chi connectivity index (χ4v) is 10.4. The van der Waals surface area contributed by atoms with E-state index in [1.165, 1.54) is 38.5 Å². The lowest BCUT2D eigenvalue weighted by atomic mass is 9.40. The molecule has 0 aromatic heterocycles. The summed E-state index contributed by atoms with van der Waals surface area (Å²) >= 11 is 0. The Morgan fingerprint density at radius 3 is 2.00 bits per heavy atom. The van der Waals surface area contributed by atoms with Crippen LogP contribution in [0.25, 0.3) is 0 Å². The van der Waals surface area contributed by atoms with E-state index >= 15 is 0 Å². The van der Waals surface area contributed by atoms with Crippen molar-refractivity contribution in [1.82, 2.24) is 0 Å². The van der Waals surface area contributed by atoms with Crippen molar-refractivity contribution in [3.63, 3.8) is 0 Å². The first-order valence-electron chi connectivity index (χ1n) is 13.7. The molecule has 5 aliphatic rings. The first-order valence-corrected chi connectivity index (χ1v) is 13.7. The molecule has 5 fully saturated rings. The molecule has 182 valence electrons. The topological polar surface area (TPSA) is 46.5 Å². The molecule has 1 heterocycles. The van der Waals surface area contributed by atoms with Gasteiger partial charge in [-0.2, -0.15) is 0 Å². The van der Waals surface area contributed by atoms with E-state index < -0.39 is 5.60 Å². The number of hydrogen-bond acceptors (Lipinski definition) is 3. The average Bonchev–Trinajstić information content (AvgIpc) is 3.27. The molecular weight excluding hydrogens is 396 g/mol. The highest BCUT2D eigenvalue weighted by atomic mass is 16.5. The van der Waals surface area contributed by atoms with Crippen LogP contribution in [0.2, 0.25) is 0 Å². The monoisotopic (exact) mass is 444 g/mol. The van der Waals surface area contributed by atoms with Gasteiger partial charge in [0.1, 0.15) is 5.78 Å². The van der Waals surface area contributed by atoms with Crippen LogP contribution < -0.4 is 0 Å². The molecule has 32 heavy (non-hydrogen) atoms. The number of ether oxygens (including phenoxy) is 1. The zero-order valence-electron chi connectivity index (χ0n) is 21.8. The van der Waals surface area contributed by atoms with E-state index in [1.807, 2.05) is 13.8 Å². The molecule has 0 amide bonds. The minimum absolute atomic E-state index is 0.0351. The molecule has 0 bridgehead atoms. The van der Waals surface area contributed by atoms with Gasteiger partial charge >= 0.3 is 0 Å². The number of carbonyl (C=O) groups excluding carboxylic acids is 1. The van der Waals surface area contributed by atoms with Crippen LogP contribution in [0.3, 0.4) is 0 Å². The summed E-state index contributed by atoms with van der Waals surface area (Å²) in [6, 6.07) is 0. The van der Waals surface area contributed by atoms with Gasteiger partial charge in [-0.1, -0.05) is 27.7 Å². The second-order valence-electron chi connectivity index (χ2n) is 14.4. The summed E-state index contributed by atoms with van der Waals surface area (Å²) in [5.41, 5.74) is -0.250. The summed E-state index contributed by atoms with van der Waals surface area (Å²) in [5.74, 6) is 4.00. The van der Waals surface area contributed by atoms with Crippen LogP contribution in [0.5, 0.6) is 0 Å². The highest BCUT2D eigenvalue weighted by Crippen LogP contribution is 2.71. The largest absolute Gasteiger partial charge is 0.388 e. The zero-order valence-corrected chi connectivity index (χ0v) is 21.8. The molecule has 1 N–H and O–H groups in total. The van der Waals surface area contributed by atoms with E-state index in [2.05, 4.69) is 34.6 Å². The third-order valence-corrected chi connectivity index (χ3v) is 12.2. The average molecular weight is 445 g/mol. The minimum atomic E-state index is -0.754. The van der Waals surface area contributed by atoms with Crippen LogP contribution in [-0.4, -0.2) is 28.2 Å². The van der Waals surface area contributed by atoms with E-state index in [0.29, 0.717) is 28.4 Å². The molecule has 0 aromatic carbocycles. The maximum atomic E-state index is 12.8. The maximum Gasteiger partial charge on any atom is 0.138 e. The number of rotatable bonds is 2. The summed E-state index contributed by atoms with van der Waals surface area (Å²) in [5, 5.41) is 10.6. The molecule has 5 rings (SSSR count). The van der Waals surface area contributed by atoms with Crippen molar-refractivity contribution in [2.75, 3.05) is 0 Å². The van der Waals surface area contributed by atoms with Crippen molar-refractivity contribution in [2.45, 2.75) is 130 Å². The Morgan fingerprint density at radius 2 is 1.38 bits per heavy atom. The van der Waals surface area contributed by atoms with Gasteiger partial charge in [0.25, 0.3) is 0 Å². The van der Waals surface area contributed by atoms with Crippen LogP contribution in [0.15, 0.2) is 0 Å². The van der Waals surface area contributed by atoms with Gasteiger partial charge in [0, 0.05) is 11.8 Å². The lowest BCUT2D eigenvalue weighted by Gasteiger charge is -2.64. The molecule has 0 radical (unpaired) electrons. The molecule has 1 saturated heterocycles. The first-order chi connectivity index (χ1) is 14.7. The van der Waals surface area contributed by atoms with Gasteiger partial charge in [-0.15, -0.1) is 0 Å². The normalized spacial score (nSPS) is 52.9. The number of aliphatic hydroxyl groups is 1.